The number of hydrogen-bond acceptors (Lipinski definition) is 8. The molecule has 0 aliphatic carbocycles. The Labute approximate surface area is 132 Å². The van der Waals surface area contributed by atoms with Gasteiger partial charge >= 0.3 is 12.4 Å². The quantitative estimate of drug-likeness (QED) is 0.647. The van der Waals surface area contributed by atoms with Crippen LogP contribution in [-0.2, 0) is 30.1 Å². The molecule has 22 heavy (non-hydrogen) atoms. The summed E-state index contributed by atoms with van der Waals surface area (Å²) in [5.74, 6) is 0.609. The minimum absolute atomic E-state index is 0.168. The van der Waals surface area contributed by atoms with Gasteiger partial charge in [0.25, 0.3) is 0 Å². The predicted octanol–water partition coefficient (Wildman–Crippen LogP) is 1.30. The topological polar surface area (TPSA) is 97.8 Å². The van der Waals surface area contributed by atoms with Gasteiger partial charge in [0.1, 0.15) is 24.3 Å². The first-order valence-electron chi connectivity index (χ1n) is 6.64. The van der Waals surface area contributed by atoms with Gasteiger partial charge in [0.05, 0.1) is 12.4 Å². The number of nitrogens with two attached hydrogens (primary N) is 1. The maximum atomic E-state index is 11.9. The fraction of sp³-hybridized carbons (Fsp3) is 0.500. The van der Waals surface area contributed by atoms with E-state index >= 15 is 0 Å². The first-order chi connectivity index (χ1) is 10.4. The van der Waals surface area contributed by atoms with Crippen LogP contribution in [0.2, 0.25) is 0 Å². The zero-order valence-electron chi connectivity index (χ0n) is 11.9. The van der Waals surface area contributed by atoms with Gasteiger partial charge in [-0.2, -0.15) is 4.98 Å². The molecule has 0 bridgehead atoms. The van der Waals surface area contributed by atoms with E-state index in [9.17, 15) is 4.79 Å². The highest BCUT2D eigenvalue weighted by Crippen LogP contribution is 2.57. The Morgan fingerprint density at radius 1 is 1.64 bits per heavy atom. The van der Waals surface area contributed by atoms with Crippen molar-refractivity contribution in [1.29, 1.82) is 0 Å². The van der Waals surface area contributed by atoms with Gasteiger partial charge in [0.15, 0.2) is 0 Å². The zero-order valence-corrected chi connectivity index (χ0v) is 13.6. The molecular weight excluding hydrogens is 329 g/mol. The zero-order chi connectivity index (χ0) is 15.9. The molecule has 2 fully saturated rings. The lowest BCUT2D eigenvalue weighted by Crippen LogP contribution is -2.33. The summed E-state index contributed by atoms with van der Waals surface area (Å²) in [4.78, 5) is 15.6. The Kier molecular flexibility index (Phi) is 4.09. The van der Waals surface area contributed by atoms with E-state index in [1.807, 2.05) is 0 Å². The Morgan fingerprint density at radius 2 is 2.41 bits per heavy atom. The van der Waals surface area contributed by atoms with E-state index in [0.29, 0.717) is 12.2 Å². The molecular formula is C12H16N3O5PS. The first-order valence-corrected chi connectivity index (χ1v) is 9.20. The van der Waals surface area contributed by atoms with E-state index in [1.54, 1.807) is 19.2 Å². The average Bonchev–Trinajstić information content (AvgIpc) is 2.79. The molecule has 120 valence electrons. The first kappa shape index (κ1) is 15.6. The highest BCUT2D eigenvalue weighted by Gasteiger charge is 2.46. The minimum Gasteiger partial charge on any atom is -0.430 e. The number of nitrogens with zero attached hydrogens (tertiary/aromatic N) is 2. The van der Waals surface area contributed by atoms with Gasteiger partial charge in [0, 0.05) is 24.4 Å². The highest BCUT2D eigenvalue weighted by molar-refractivity contribution is 8.07. The average molecular weight is 345 g/mol. The number of nitrogen functional groups attached to an aromatic ring is 1. The lowest BCUT2D eigenvalue weighted by atomic mass is 10.2. The van der Waals surface area contributed by atoms with E-state index in [1.165, 1.54) is 4.57 Å². The number of anilines is 1. The van der Waals surface area contributed by atoms with E-state index in [0.717, 1.165) is 0 Å². The maximum Gasteiger partial charge on any atom is 0.380 e. The molecule has 0 aromatic carbocycles. The van der Waals surface area contributed by atoms with Gasteiger partial charge in [0.2, 0.25) is 0 Å². The molecule has 2 N–H and O–H groups in total. The Bertz CT molecular complexity index is 708. The van der Waals surface area contributed by atoms with Crippen LogP contribution in [0, 0.1) is 0 Å². The van der Waals surface area contributed by atoms with Gasteiger partial charge in [-0.3, -0.25) is 13.6 Å². The van der Waals surface area contributed by atoms with Crippen molar-refractivity contribution in [2.24, 2.45) is 0 Å². The number of fused-ring (bicyclic) bond motifs is 1. The maximum absolute atomic E-state index is 11.9. The molecule has 1 aromatic rings. The third-order valence-electron chi connectivity index (χ3n) is 3.27. The Morgan fingerprint density at radius 3 is 3.09 bits per heavy atom. The molecule has 3 heterocycles. The number of hydrogen-bond donors (Lipinski definition) is 1. The molecule has 4 atom stereocenters. The van der Waals surface area contributed by atoms with E-state index < -0.39 is 18.6 Å². The second-order valence-electron chi connectivity index (χ2n) is 5.09. The normalized spacial score (nSPS) is 34.1. The number of aromatic nitrogens is 2. The molecule has 8 nitrogen and oxygen atoms in total. The largest absolute Gasteiger partial charge is 0.430 e. The predicted molar refractivity (Wildman–Crippen MR) is 82.4 cm³/mol. The second kappa shape index (κ2) is 5.75. The summed E-state index contributed by atoms with van der Waals surface area (Å²) in [6.07, 6.45) is 0.907. The summed E-state index contributed by atoms with van der Waals surface area (Å²) < 4.78 is 23.8. The summed E-state index contributed by atoms with van der Waals surface area (Å²) in [6, 6.07) is 1.54. The molecule has 1 aromatic heterocycles. The van der Waals surface area contributed by atoms with Crippen molar-refractivity contribution < 1.29 is 18.3 Å². The molecule has 2 saturated heterocycles. The Hall–Kier alpha value is -1.25. The lowest BCUT2D eigenvalue weighted by molar-refractivity contribution is -0.0609. The van der Waals surface area contributed by atoms with Gasteiger partial charge in [-0.15, -0.1) is 0 Å². The smallest absolute Gasteiger partial charge is 0.380 e. The number of rotatable bonds is 3. The van der Waals surface area contributed by atoms with Crippen molar-refractivity contribution in [3.8, 4) is 0 Å². The van der Waals surface area contributed by atoms with Crippen molar-refractivity contribution in [2.75, 3.05) is 12.3 Å². The summed E-state index contributed by atoms with van der Waals surface area (Å²) in [7, 11) is 0. The van der Waals surface area contributed by atoms with Gasteiger partial charge in [-0.05, 0) is 13.0 Å². The molecule has 3 rings (SSSR count). The monoisotopic (exact) mass is 345 g/mol. The van der Waals surface area contributed by atoms with Gasteiger partial charge < -0.3 is 15.0 Å². The molecule has 0 spiro atoms. The van der Waals surface area contributed by atoms with E-state index in [4.69, 9.17) is 35.8 Å². The van der Waals surface area contributed by atoms with Crippen LogP contribution in [0.25, 0.3) is 0 Å². The van der Waals surface area contributed by atoms with E-state index in [-0.39, 0.29) is 24.6 Å². The Balaban J connectivity index is 1.76. The molecule has 2 aliphatic heterocycles. The van der Waals surface area contributed by atoms with Crippen LogP contribution in [0.1, 0.15) is 19.6 Å². The van der Waals surface area contributed by atoms with E-state index in [2.05, 4.69) is 11.6 Å². The fourth-order valence-electron chi connectivity index (χ4n) is 2.38. The molecule has 0 amide bonds. The molecule has 0 saturated carbocycles. The third-order valence-corrected chi connectivity index (χ3v) is 5.60. The molecule has 2 aliphatic rings. The number of allylic oxidation sites excluding steroid dienone is 1. The second-order valence-corrected chi connectivity index (χ2v) is 7.97. The molecule has 2 unspecified atom stereocenters. The summed E-state index contributed by atoms with van der Waals surface area (Å²) in [5, 5.41) is 0. The van der Waals surface area contributed by atoms with Crippen LogP contribution in [-0.4, -0.2) is 28.4 Å². The van der Waals surface area contributed by atoms with Crippen molar-refractivity contribution in [2.45, 2.75) is 31.8 Å². The SMILES string of the molecule is C=C(C)OP1(=S)OC[C@H]2O[C@@H](n3ccc(N)nc3=O)CC2O1. The van der Waals surface area contributed by atoms with Crippen LogP contribution in [0.5, 0.6) is 0 Å². The highest BCUT2D eigenvalue weighted by atomic mass is 32.5. The van der Waals surface area contributed by atoms with Crippen LogP contribution in [0.4, 0.5) is 5.82 Å². The number of ether oxygens (including phenoxy) is 1. The van der Waals surface area contributed by atoms with Crippen LogP contribution < -0.4 is 11.4 Å². The van der Waals surface area contributed by atoms with Crippen LogP contribution in [0.15, 0.2) is 29.4 Å². The van der Waals surface area contributed by atoms with Crippen molar-refractivity contribution >= 4 is 24.3 Å². The molecule has 10 heteroatoms. The standard InChI is InChI=1S/C12H16N3O5PS/c1-7(2)19-21(22)17-6-9-8(20-21)5-11(18-9)15-4-3-10(13)14-12(15)16/h3-4,8-9,11H,1,5-6H2,2H3,(H2,13,14,16)/t8?,9-,11-,21?/m1/s1. The summed E-state index contributed by atoms with van der Waals surface area (Å²) in [6.45, 7) is 2.73. The van der Waals surface area contributed by atoms with Crippen LogP contribution >= 0.6 is 6.72 Å². The van der Waals surface area contributed by atoms with Crippen molar-refractivity contribution in [1.82, 2.24) is 9.55 Å². The van der Waals surface area contributed by atoms with Crippen molar-refractivity contribution in [3.05, 3.63) is 35.1 Å². The summed E-state index contributed by atoms with van der Waals surface area (Å²) in [5.41, 5.74) is 5.01. The molecule has 0 radical (unpaired) electrons. The lowest BCUT2D eigenvalue weighted by Gasteiger charge is -2.32. The fourth-order valence-corrected chi connectivity index (χ4v) is 4.69. The van der Waals surface area contributed by atoms with Crippen LogP contribution in [0.3, 0.4) is 0 Å². The summed E-state index contributed by atoms with van der Waals surface area (Å²) >= 11 is 5.28. The van der Waals surface area contributed by atoms with Gasteiger partial charge in [-0.1, -0.05) is 6.58 Å². The minimum atomic E-state index is -2.85. The third kappa shape index (κ3) is 3.09. The van der Waals surface area contributed by atoms with Gasteiger partial charge in [-0.25, -0.2) is 4.79 Å². The van der Waals surface area contributed by atoms with Crippen molar-refractivity contribution in [3.63, 3.8) is 0 Å².